The van der Waals surface area contributed by atoms with Crippen LogP contribution in [0.25, 0.3) is 0 Å². The van der Waals surface area contributed by atoms with Gasteiger partial charge in [0.1, 0.15) is 4.90 Å². The third-order valence-electron chi connectivity index (χ3n) is 3.47. The Kier molecular flexibility index (Phi) is 3.74. The number of piperidine rings is 1. The van der Waals surface area contributed by atoms with E-state index in [0.29, 0.717) is 30.2 Å². The molecule has 2 heterocycles. The molecule has 6 nitrogen and oxygen atoms in total. The molecule has 1 aromatic rings. The first-order valence-electron chi connectivity index (χ1n) is 6.25. The number of aromatic nitrogens is 2. The zero-order valence-corrected chi connectivity index (χ0v) is 11.7. The van der Waals surface area contributed by atoms with E-state index in [-0.39, 0.29) is 6.04 Å². The first-order valence-corrected chi connectivity index (χ1v) is 7.69. The number of hydrogen-bond donors (Lipinski definition) is 1. The van der Waals surface area contributed by atoms with Crippen molar-refractivity contribution in [2.75, 3.05) is 13.1 Å². The molecule has 1 aliphatic rings. The molecule has 102 valence electrons. The first kappa shape index (κ1) is 13.5. The van der Waals surface area contributed by atoms with Gasteiger partial charge in [-0.2, -0.15) is 9.40 Å². The number of hydrogen-bond acceptors (Lipinski definition) is 4. The maximum absolute atomic E-state index is 12.5. The minimum atomic E-state index is -3.41. The van der Waals surface area contributed by atoms with Crippen LogP contribution in [0.1, 0.15) is 25.5 Å². The molecule has 18 heavy (non-hydrogen) atoms. The molecule has 0 spiro atoms. The molecular weight excluding hydrogens is 252 g/mol. The normalized spacial score (nSPS) is 19.3. The molecule has 0 saturated carbocycles. The van der Waals surface area contributed by atoms with Crippen LogP contribution in [0.4, 0.5) is 0 Å². The van der Waals surface area contributed by atoms with Gasteiger partial charge in [0.25, 0.3) is 0 Å². The molecule has 2 N–H and O–H groups in total. The summed E-state index contributed by atoms with van der Waals surface area (Å²) in [4.78, 5) is 0.319. The van der Waals surface area contributed by atoms with E-state index < -0.39 is 10.0 Å². The van der Waals surface area contributed by atoms with Gasteiger partial charge < -0.3 is 5.73 Å². The van der Waals surface area contributed by atoms with E-state index in [2.05, 4.69) is 5.10 Å². The van der Waals surface area contributed by atoms with E-state index >= 15 is 0 Å². The lowest BCUT2D eigenvalue weighted by atomic mass is 10.1. The summed E-state index contributed by atoms with van der Waals surface area (Å²) in [6, 6.07) is 0.121. The average molecular weight is 272 g/mol. The number of aryl methyl sites for hydroxylation is 1. The van der Waals surface area contributed by atoms with Crippen molar-refractivity contribution in [1.29, 1.82) is 0 Å². The minimum Gasteiger partial charge on any atom is -0.328 e. The smallest absolute Gasteiger partial charge is 0.246 e. The monoisotopic (exact) mass is 272 g/mol. The van der Waals surface area contributed by atoms with Gasteiger partial charge in [-0.05, 0) is 26.7 Å². The van der Waals surface area contributed by atoms with Crippen LogP contribution in [0.2, 0.25) is 0 Å². The molecule has 2 rings (SSSR count). The Balaban J connectivity index is 2.28. The molecule has 1 aromatic heterocycles. The number of nitrogens with two attached hydrogens (primary N) is 1. The van der Waals surface area contributed by atoms with Gasteiger partial charge in [0, 0.05) is 25.7 Å². The van der Waals surface area contributed by atoms with Gasteiger partial charge in [0.15, 0.2) is 0 Å². The maximum atomic E-state index is 12.5. The van der Waals surface area contributed by atoms with Crippen molar-refractivity contribution < 1.29 is 8.42 Å². The van der Waals surface area contributed by atoms with Crippen molar-refractivity contribution in [3.8, 4) is 0 Å². The highest BCUT2D eigenvalue weighted by Crippen LogP contribution is 2.22. The van der Waals surface area contributed by atoms with Gasteiger partial charge in [0.2, 0.25) is 10.0 Å². The molecule has 0 atom stereocenters. The predicted molar refractivity (Wildman–Crippen MR) is 68.6 cm³/mol. The molecule has 0 unspecified atom stereocenters. The van der Waals surface area contributed by atoms with Crippen LogP contribution < -0.4 is 5.73 Å². The topological polar surface area (TPSA) is 81.2 Å². The Morgan fingerprint density at radius 3 is 2.56 bits per heavy atom. The summed E-state index contributed by atoms with van der Waals surface area (Å²) in [6.45, 7) is 5.40. The number of nitrogens with zero attached hydrogens (tertiary/aromatic N) is 3. The molecule has 1 fully saturated rings. The van der Waals surface area contributed by atoms with Crippen LogP contribution in [0.5, 0.6) is 0 Å². The molecule has 0 amide bonds. The Morgan fingerprint density at radius 2 is 2.06 bits per heavy atom. The van der Waals surface area contributed by atoms with Crippen LogP contribution in [-0.4, -0.2) is 41.6 Å². The SMILES string of the molecule is CCn1ncc(S(=O)(=O)N2CCC(N)CC2)c1C. The fourth-order valence-electron chi connectivity index (χ4n) is 2.26. The lowest BCUT2D eigenvalue weighted by Crippen LogP contribution is -2.42. The summed E-state index contributed by atoms with van der Waals surface area (Å²) in [5, 5.41) is 4.10. The lowest BCUT2D eigenvalue weighted by molar-refractivity contribution is 0.320. The van der Waals surface area contributed by atoms with Crippen molar-refractivity contribution in [1.82, 2.24) is 14.1 Å². The summed E-state index contributed by atoms with van der Waals surface area (Å²) in [5.41, 5.74) is 6.50. The summed E-state index contributed by atoms with van der Waals surface area (Å²) in [5.74, 6) is 0. The van der Waals surface area contributed by atoms with E-state index in [1.165, 1.54) is 10.5 Å². The second-order valence-electron chi connectivity index (χ2n) is 4.65. The lowest BCUT2D eigenvalue weighted by Gasteiger charge is -2.29. The van der Waals surface area contributed by atoms with Gasteiger partial charge in [-0.3, -0.25) is 4.68 Å². The quantitative estimate of drug-likeness (QED) is 0.859. The van der Waals surface area contributed by atoms with E-state index in [9.17, 15) is 8.42 Å². The standard InChI is InChI=1S/C11H20N4O2S/c1-3-15-9(2)11(8-13-15)18(16,17)14-6-4-10(12)5-7-14/h8,10H,3-7,12H2,1-2H3. The maximum Gasteiger partial charge on any atom is 0.246 e. The molecule has 0 aliphatic carbocycles. The van der Waals surface area contributed by atoms with Crippen molar-refractivity contribution in [3.63, 3.8) is 0 Å². The summed E-state index contributed by atoms with van der Waals surface area (Å²) in [7, 11) is -3.41. The van der Waals surface area contributed by atoms with Crippen molar-refractivity contribution in [3.05, 3.63) is 11.9 Å². The Bertz CT molecular complexity index is 515. The van der Waals surface area contributed by atoms with Crippen LogP contribution >= 0.6 is 0 Å². The second-order valence-corrected chi connectivity index (χ2v) is 6.56. The van der Waals surface area contributed by atoms with E-state index in [0.717, 1.165) is 12.8 Å². The molecule has 0 aromatic carbocycles. The Labute approximate surface area is 108 Å². The zero-order chi connectivity index (χ0) is 13.3. The zero-order valence-electron chi connectivity index (χ0n) is 10.8. The van der Waals surface area contributed by atoms with Crippen molar-refractivity contribution in [2.24, 2.45) is 5.73 Å². The van der Waals surface area contributed by atoms with Gasteiger partial charge in [-0.1, -0.05) is 0 Å². The summed E-state index contributed by atoms with van der Waals surface area (Å²) < 4.78 is 28.2. The van der Waals surface area contributed by atoms with Gasteiger partial charge >= 0.3 is 0 Å². The number of rotatable bonds is 3. The predicted octanol–water partition coefficient (Wildman–Crippen LogP) is 0.323. The Morgan fingerprint density at radius 1 is 1.44 bits per heavy atom. The van der Waals surface area contributed by atoms with E-state index in [1.54, 1.807) is 11.6 Å². The van der Waals surface area contributed by atoms with Crippen LogP contribution in [0.15, 0.2) is 11.1 Å². The summed E-state index contributed by atoms with van der Waals surface area (Å²) >= 11 is 0. The second kappa shape index (κ2) is 4.99. The van der Waals surface area contributed by atoms with Gasteiger partial charge in [-0.15, -0.1) is 0 Å². The van der Waals surface area contributed by atoms with Crippen LogP contribution in [0, 0.1) is 6.92 Å². The molecule has 1 aliphatic heterocycles. The van der Waals surface area contributed by atoms with Crippen LogP contribution in [-0.2, 0) is 16.6 Å². The highest BCUT2D eigenvalue weighted by atomic mass is 32.2. The van der Waals surface area contributed by atoms with Gasteiger partial charge in [-0.25, -0.2) is 8.42 Å². The van der Waals surface area contributed by atoms with E-state index in [1.807, 2.05) is 6.92 Å². The Hall–Kier alpha value is -0.920. The molecule has 0 radical (unpaired) electrons. The number of sulfonamides is 1. The minimum absolute atomic E-state index is 0.121. The third kappa shape index (κ3) is 2.30. The fraction of sp³-hybridized carbons (Fsp3) is 0.727. The molecular formula is C11H20N4O2S. The van der Waals surface area contributed by atoms with E-state index in [4.69, 9.17) is 5.73 Å². The van der Waals surface area contributed by atoms with Crippen molar-refractivity contribution >= 4 is 10.0 Å². The highest BCUT2D eigenvalue weighted by Gasteiger charge is 2.30. The first-order chi connectivity index (χ1) is 8.46. The fourth-order valence-corrected chi connectivity index (χ4v) is 3.89. The molecule has 7 heteroatoms. The highest BCUT2D eigenvalue weighted by molar-refractivity contribution is 7.89. The molecule has 1 saturated heterocycles. The van der Waals surface area contributed by atoms with Crippen molar-refractivity contribution in [2.45, 2.75) is 44.2 Å². The van der Waals surface area contributed by atoms with Gasteiger partial charge in [0.05, 0.1) is 11.9 Å². The largest absolute Gasteiger partial charge is 0.328 e. The van der Waals surface area contributed by atoms with Crippen LogP contribution in [0.3, 0.4) is 0 Å². The third-order valence-corrected chi connectivity index (χ3v) is 5.48. The summed E-state index contributed by atoms with van der Waals surface area (Å²) in [6.07, 6.45) is 2.89. The molecule has 0 bridgehead atoms. The average Bonchev–Trinajstić information content (AvgIpc) is 2.71.